The number of carbonyl (C=O) groups is 2. The highest BCUT2D eigenvalue weighted by Gasteiger charge is 2.44. The molecule has 2 fully saturated rings. The summed E-state index contributed by atoms with van der Waals surface area (Å²) in [6, 6.07) is 8.15. The van der Waals surface area contributed by atoms with Crippen LogP contribution in [0.4, 0.5) is 10.8 Å². The Bertz CT molecular complexity index is 813. The largest absolute Gasteiger partial charge is 0.331 e. The third-order valence-corrected chi connectivity index (χ3v) is 6.15. The average molecular weight is 405 g/mol. The maximum Gasteiger partial charge on any atom is 0.236 e. The minimum absolute atomic E-state index is 0.0151. The van der Waals surface area contributed by atoms with E-state index in [2.05, 4.69) is 26.4 Å². The number of fused-ring (bicyclic) bond motifs is 1. The molecule has 2 aliphatic rings. The van der Waals surface area contributed by atoms with Crippen LogP contribution >= 0.6 is 23.1 Å². The fourth-order valence-corrected chi connectivity index (χ4v) is 4.46. The highest BCUT2D eigenvalue weighted by atomic mass is 32.2. The summed E-state index contributed by atoms with van der Waals surface area (Å²) in [6.45, 7) is 2.61. The number of thioether (sulfide) groups is 1. The lowest BCUT2D eigenvalue weighted by atomic mass is 10.0. The molecule has 2 aromatic rings. The molecule has 0 bridgehead atoms. The van der Waals surface area contributed by atoms with E-state index < -0.39 is 0 Å². The topological polar surface area (TPSA) is 98.4 Å². The lowest BCUT2D eigenvalue weighted by Crippen LogP contribution is -2.63. The van der Waals surface area contributed by atoms with Gasteiger partial charge in [-0.3, -0.25) is 19.9 Å². The number of nitrogens with one attached hydrogen (secondary N) is 4. The Balaban J connectivity index is 1.37. The summed E-state index contributed by atoms with van der Waals surface area (Å²) < 4.78 is 0. The van der Waals surface area contributed by atoms with Gasteiger partial charge in [0.25, 0.3) is 0 Å². The van der Waals surface area contributed by atoms with Gasteiger partial charge in [-0.2, -0.15) is 0 Å². The van der Waals surface area contributed by atoms with Crippen LogP contribution < -0.4 is 26.4 Å². The van der Waals surface area contributed by atoms with Crippen LogP contribution in [0.15, 0.2) is 35.8 Å². The van der Waals surface area contributed by atoms with Crippen LogP contribution in [0.1, 0.15) is 5.56 Å². The Hall–Kier alpha value is -2.14. The Kier molecular flexibility index (Phi) is 5.30. The summed E-state index contributed by atoms with van der Waals surface area (Å²) in [5.74, 6) is -0.133. The molecule has 3 unspecified atom stereocenters. The highest BCUT2D eigenvalue weighted by Crippen LogP contribution is 2.27. The number of carbonyl (C=O) groups excluding carboxylic acids is 2. The first-order valence-electron chi connectivity index (χ1n) is 8.57. The number of hydrazine groups is 1. The molecule has 3 atom stereocenters. The predicted molar refractivity (Wildman–Crippen MR) is 107 cm³/mol. The Morgan fingerprint density at radius 2 is 2.22 bits per heavy atom. The van der Waals surface area contributed by atoms with Crippen molar-refractivity contribution < 1.29 is 9.59 Å². The summed E-state index contributed by atoms with van der Waals surface area (Å²) in [5.41, 5.74) is 5.14. The second kappa shape index (κ2) is 7.85. The number of amides is 2. The summed E-state index contributed by atoms with van der Waals surface area (Å²) in [6.07, 6.45) is 1.48. The molecule has 4 rings (SSSR count). The third kappa shape index (κ3) is 4.08. The number of hydrogen-bond donors (Lipinski definition) is 4. The van der Waals surface area contributed by atoms with E-state index in [1.165, 1.54) is 28.7 Å². The lowest BCUT2D eigenvalue weighted by Gasteiger charge is -2.37. The van der Waals surface area contributed by atoms with E-state index >= 15 is 0 Å². The number of nitrogens with zero attached hydrogens (tertiary/aromatic N) is 2. The monoisotopic (exact) mass is 404 g/mol. The number of anilines is 2. The molecule has 4 N–H and O–H groups in total. The smallest absolute Gasteiger partial charge is 0.236 e. The molecule has 1 aromatic heterocycles. The fourth-order valence-electron chi connectivity index (χ4n) is 3.09. The summed E-state index contributed by atoms with van der Waals surface area (Å²) in [4.78, 5) is 28.6. The van der Waals surface area contributed by atoms with E-state index in [4.69, 9.17) is 0 Å². The number of thiazole rings is 1. The van der Waals surface area contributed by atoms with E-state index in [-0.39, 0.29) is 35.1 Å². The first-order chi connectivity index (χ1) is 13.1. The predicted octanol–water partition coefficient (Wildman–Crippen LogP) is 1.09. The zero-order valence-electron chi connectivity index (χ0n) is 14.6. The van der Waals surface area contributed by atoms with Crippen LogP contribution in [0.5, 0.6) is 0 Å². The highest BCUT2D eigenvalue weighted by molar-refractivity contribution is 8.00. The molecular weight excluding hydrogens is 384 g/mol. The molecule has 8 nitrogen and oxygen atoms in total. The van der Waals surface area contributed by atoms with E-state index in [1.807, 2.05) is 36.2 Å². The van der Waals surface area contributed by atoms with Crippen LogP contribution in [-0.4, -0.2) is 40.8 Å². The molecule has 1 aromatic carbocycles. The van der Waals surface area contributed by atoms with E-state index in [0.717, 1.165) is 5.69 Å². The molecule has 0 saturated carbocycles. The second-order valence-corrected chi connectivity index (χ2v) is 8.36. The SMILES string of the molecule is Cc1ccc(N2NCC3C(=O)NC(SCC(=O)Nc4nccs4)NC32)cc1. The van der Waals surface area contributed by atoms with Gasteiger partial charge in [-0.25, -0.2) is 10.4 Å². The van der Waals surface area contributed by atoms with Crippen molar-refractivity contribution in [3.05, 3.63) is 41.4 Å². The summed E-state index contributed by atoms with van der Waals surface area (Å²) >= 11 is 2.72. The van der Waals surface area contributed by atoms with Gasteiger partial charge >= 0.3 is 0 Å². The van der Waals surface area contributed by atoms with Gasteiger partial charge in [-0.1, -0.05) is 17.7 Å². The normalized spacial score (nSPS) is 24.4. The van der Waals surface area contributed by atoms with Crippen LogP contribution in [0.2, 0.25) is 0 Å². The van der Waals surface area contributed by atoms with E-state index in [1.54, 1.807) is 11.6 Å². The quantitative estimate of drug-likeness (QED) is 0.592. The minimum Gasteiger partial charge on any atom is -0.331 e. The number of aryl methyl sites for hydroxylation is 1. The van der Waals surface area contributed by atoms with Crippen LogP contribution in [0, 0.1) is 12.8 Å². The van der Waals surface area contributed by atoms with Gasteiger partial charge in [0, 0.05) is 18.1 Å². The Labute approximate surface area is 165 Å². The van der Waals surface area contributed by atoms with Crippen molar-refractivity contribution in [2.75, 3.05) is 22.6 Å². The third-order valence-electron chi connectivity index (χ3n) is 4.45. The number of benzene rings is 1. The molecule has 0 aliphatic carbocycles. The standard InChI is InChI=1S/C17H20N6O2S2/c1-10-2-4-11(5-3-10)23-14-12(8-19-23)15(25)22-17(21-14)27-9-13(24)20-16-18-6-7-26-16/h2-7,12,14,17,19,21H,8-9H2,1H3,(H,22,25)(H,18,20,24). The minimum atomic E-state index is -0.339. The van der Waals surface area contributed by atoms with Crippen molar-refractivity contribution in [1.29, 1.82) is 0 Å². The van der Waals surface area contributed by atoms with Crippen LogP contribution in [0.3, 0.4) is 0 Å². The maximum atomic E-state index is 12.5. The summed E-state index contributed by atoms with van der Waals surface area (Å²) in [5, 5.41) is 13.5. The first kappa shape index (κ1) is 18.2. The van der Waals surface area contributed by atoms with Crippen molar-refractivity contribution >= 4 is 45.7 Å². The Morgan fingerprint density at radius 3 is 2.96 bits per heavy atom. The fraction of sp³-hybridized carbons (Fsp3) is 0.353. The van der Waals surface area contributed by atoms with Gasteiger partial charge in [-0.05, 0) is 19.1 Å². The van der Waals surface area contributed by atoms with Gasteiger partial charge in [-0.15, -0.1) is 23.1 Å². The van der Waals surface area contributed by atoms with Crippen molar-refractivity contribution in [3.8, 4) is 0 Å². The first-order valence-corrected chi connectivity index (χ1v) is 10.5. The van der Waals surface area contributed by atoms with Crippen molar-refractivity contribution in [2.45, 2.75) is 18.6 Å². The van der Waals surface area contributed by atoms with Crippen LogP contribution in [0.25, 0.3) is 0 Å². The Morgan fingerprint density at radius 1 is 1.41 bits per heavy atom. The molecule has 142 valence electrons. The molecule has 10 heteroatoms. The zero-order valence-corrected chi connectivity index (χ0v) is 16.3. The van der Waals surface area contributed by atoms with Gasteiger partial charge in [0.05, 0.1) is 17.4 Å². The summed E-state index contributed by atoms with van der Waals surface area (Å²) in [7, 11) is 0. The molecule has 2 aliphatic heterocycles. The molecule has 0 radical (unpaired) electrons. The van der Waals surface area contributed by atoms with Gasteiger partial charge < -0.3 is 10.6 Å². The number of aromatic nitrogens is 1. The number of rotatable bonds is 5. The zero-order chi connectivity index (χ0) is 18.8. The molecule has 2 saturated heterocycles. The van der Waals surface area contributed by atoms with Crippen molar-refractivity contribution in [3.63, 3.8) is 0 Å². The molecule has 3 heterocycles. The maximum absolute atomic E-state index is 12.5. The van der Waals surface area contributed by atoms with Crippen LogP contribution in [-0.2, 0) is 9.59 Å². The molecule has 2 amide bonds. The number of hydrogen-bond acceptors (Lipinski definition) is 8. The molecule has 0 spiro atoms. The van der Waals surface area contributed by atoms with Gasteiger partial charge in [0.1, 0.15) is 11.7 Å². The van der Waals surface area contributed by atoms with E-state index in [9.17, 15) is 9.59 Å². The average Bonchev–Trinajstić information content (AvgIpc) is 3.31. The second-order valence-electron chi connectivity index (χ2n) is 6.37. The molecular formula is C17H20N6O2S2. The molecule has 27 heavy (non-hydrogen) atoms. The van der Waals surface area contributed by atoms with E-state index in [0.29, 0.717) is 11.7 Å². The van der Waals surface area contributed by atoms with Crippen molar-refractivity contribution in [1.82, 2.24) is 21.0 Å². The lowest BCUT2D eigenvalue weighted by molar-refractivity contribution is -0.127. The van der Waals surface area contributed by atoms with Gasteiger partial charge in [0.15, 0.2) is 5.13 Å². The van der Waals surface area contributed by atoms with Crippen molar-refractivity contribution in [2.24, 2.45) is 5.92 Å². The van der Waals surface area contributed by atoms with Gasteiger partial charge in [0.2, 0.25) is 11.8 Å².